The van der Waals surface area contributed by atoms with Gasteiger partial charge in [0.25, 0.3) is 0 Å². The Balaban J connectivity index is 2.15. The molecule has 0 aliphatic heterocycles. The molecule has 0 heterocycles. The molecule has 2 N–H and O–H groups in total. The quantitative estimate of drug-likeness (QED) is 0.782. The molecule has 0 spiro atoms. The lowest BCUT2D eigenvalue weighted by molar-refractivity contribution is 0.317. The third-order valence-electron chi connectivity index (χ3n) is 2.42. The van der Waals surface area contributed by atoms with Crippen molar-refractivity contribution in [2.24, 2.45) is 0 Å². The number of hydrogen-bond acceptors (Lipinski definition) is 3. The minimum Gasteiger partial charge on any atom is -0.493 e. The summed E-state index contributed by atoms with van der Waals surface area (Å²) in [4.78, 5) is 2.27. The van der Waals surface area contributed by atoms with Crippen LogP contribution in [-0.4, -0.2) is 6.61 Å². The van der Waals surface area contributed by atoms with E-state index in [4.69, 9.17) is 10.5 Å². The van der Waals surface area contributed by atoms with E-state index in [1.54, 1.807) is 11.8 Å². The number of hydrogen-bond donors (Lipinski definition) is 1. The molecule has 0 bridgehead atoms. The fourth-order valence-electron chi connectivity index (χ4n) is 1.59. The maximum Gasteiger partial charge on any atom is 0.122 e. The van der Waals surface area contributed by atoms with E-state index in [0.717, 1.165) is 27.2 Å². The molecular weight excluding hydrogens is 322 g/mol. The van der Waals surface area contributed by atoms with Gasteiger partial charge in [-0.2, -0.15) is 0 Å². The molecule has 2 aromatic carbocycles. The first-order valence-electron chi connectivity index (χ1n) is 6.14. The smallest absolute Gasteiger partial charge is 0.122 e. The Morgan fingerprint density at radius 1 is 1.11 bits per heavy atom. The first kappa shape index (κ1) is 14.3. The molecule has 0 aliphatic carbocycles. The van der Waals surface area contributed by atoms with Gasteiger partial charge in [0.2, 0.25) is 0 Å². The van der Waals surface area contributed by atoms with Gasteiger partial charge in [-0.3, -0.25) is 0 Å². The van der Waals surface area contributed by atoms with Crippen molar-refractivity contribution in [1.29, 1.82) is 0 Å². The lowest BCUT2D eigenvalue weighted by atomic mass is 10.3. The molecule has 100 valence electrons. The van der Waals surface area contributed by atoms with Crippen LogP contribution in [0.2, 0.25) is 0 Å². The first-order chi connectivity index (χ1) is 9.17. The zero-order valence-electron chi connectivity index (χ0n) is 10.7. The molecule has 0 aromatic heterocycles. The first-order valence-corrected chi connectivity index (χ1v) is 7.75. The molecular formula is C15H16BrNOS. The van der Waals surface area contributed by atoms with Crippen LogP contribution >= 0.6 is 27.7 Å². The molecule has 2 rings (SSSR count). The van der Waals surface area contributed by atoms with Crippen molar-refractivity contribution in [1.82, 2.24) is 0 Å². The Morgan fingerprint density at radius 2 is 1.84 bits per heavy atom. The third kappa shape index (κ3) is 4.48. The highest BCUT2D eigenvalue weighted by molar-refractivity contribution is 9.10. The molecule has 2 aromatic rings. The van der Waals surface area contributed by atoms with E-state index >= 15 is 0 Å². The number of halogens is 1. The molecule has 0 aliphatic rings. The molecule has 0 amide bonds. The molecule has 2 nitrogen and oxygen atoms in total. The van der Waals surface area contributed by atoms with Crippen molar-refractivity contribution >= 4 is 33.4 Å². The van der Waals surface area contributed by atoms with Crippen LogP contribution in [0.5, 0.6) is 5.75 Å². The van der Waals surface area contributed by atoms with Crippen molar-refractivity contribution in [2.75, 3.05) is 12.3 Å². The van der Waals surface area contributed by atoms with E-state index in [2.05, 4.69) is 35.0 Å². The molecule has 0 saturated carbocycles. The Hall–Kier alpha value is -1.13. The second-order valence-corrected chi connectivity index (χ2v) is 6.20. The molecule has 19 heavy (non-hydrogen) atoms. The van der Waals surface area contributed by atoms with Gasteiger partial charge in [0.1, 0.15) is 5.75 Å². The van der Waals surface area contributed by atoms with Crippen LogP contribution in [-0.2, 0) is 0 Å². The third-order valence-corrected chi connectivity index (χ3v) is 3.93. The fraction of sp³-hybridized carbons (Fsp3) is 0.200. The van der Waals surface area contributed by atoms with Gasteiger partial charge in [-0.15, -0.1) is 0 Å². The topological polar surface area (TPSA) is 35.2 Å². The Labute approximate surface area is 126 Å². The van der Waals surface area contributed by atoms with Gasteiger partial charge in [-0.1, -0.05) is 34.6 Å². The zero-order valence-corrected chi connectivity index (χ0v) is 13.1. The summed E-state index contributed by atoms with van der Waals surface area (Å²) in [6, 6.07) is 14.1. The van der Waals surface area contributed by atoms with Gasteiger partial charge in [-0.25, -0.2) is 0 Å². The highest BCUT2D eigenvalue weighted by Crippen LogP contribution is 2.32. The highest BCUT2D eigenvalue weighted by atomic mass is 79.9. The van der Waals surface area contributed by atoms with Gasteiger partial charge in [0.15, 0.2) is 0 Å². The predicted octanol–water partition coefficient (Wildman–Crippen LogP) is 4.97. The molecule has 0 fully saturated rings. The maximum absolute atomic E-state index is 5.91. The summed E-state index contributed by atoms with van der Waals surface area (Å²) in [6.07, 6.45) is 0.990. The molecule has 0 radical (unpaired) electrons. The van der Waals surface area contributed by atoms with Gasteiger partial charge in [0, 0.05) is 26.0 Å². The van der Waals surface area contributed by atoms with Crippen LogP contribution in [0.15, 0.2) is 56.7 Å². The van der Waals surface area contributed by atoms with Crippen LogP contribution in [0.1, 0.15) is 13.3 Å². The average Bonchev–Trinajstić information content (AvgIpc) is 2.38. The number of rotatable bonds is 5. The van der Waals surface area contributed by atoms with Gasteiger partial charge >= 0.3 is 0 Å². The van der Waals surface area contributed by atoms with Crippen molar-refractivity contribution < 1.29 is 4.74 Å². The Morgan fingerprint density at radius 3 is 2.53 bits per heavy atom. The summed E-state index contributed by atoms with van der Waals surface area (Å²) in [5, 5.41) is 0. The second kappa shape index (κ2) is 6.87. The van der Waals surface area contributed by atoms with E-state index in [-0.39, 0.29) is 0 Å². The van der Waals surface area contributed by atoms with E-state index in [9.17, 15) is 0 Å². The van der Waals surface area contributed by atoms with Crippen molar-refractivity contribution in [2.45, 2.75) is 23.1 Å². The van der Waals surface area contributed by atoms with Crippen molar-refractivity contribution in [3.05, 3.63) is 46.9 Å². The van der Waals surface area contributed by atoms with Crippen LogP contribution in [0.25, 0.3) is 0 Å². The number of ether oxygens (including phenoxy) is 1. The van der Waals surface area contributed by atoms with E-state index in [1.807, 2.05) is 30.3 Å². The molecule has 0 unspecified atom stereocenters. The van der Waals surface area contributed by atoms with E-state index < -0.39 is 0 Å². The summed E-state index contributed by atoms with van der Waals surface area (Å²) in [5.74, 6) is 0.835. The Bertz CT molecular complexity index is 542. The average molecular weight is 338 g/mol. The maximum atomic E-state index is 5.91. The summed E-state index contributed by atoms with van der Waals surface area (Å²) < 4.78 is 6.71. The van der Waals surface area contributed by atoms with Crippen molar-refractivity contribution in [3.63, 3.8) is 0 Å². The number of nitrogens with two attached hydrogens (primary N) is 1. The minimum atomic E-state index is 0.714. The number of anilines is 1. The largest absolute Gasteiger partial charge is 0.493 e. The second-order valence-electron chi connectivity index (χ2n) is 4.14. The van der Waals surface area contributed by atoms with Crippen LogP contribution in [0.3, 0.4) is 0 Å². The summed E-state index contributed by atoms with van der Waals surface area (Å²) >= 11 is 5.11. The monoisotopic (exact) mass is 337 g/mol. The molecule has 0 atom stereocenters. The molecule has 0 saturated heterocycles. The summed E-state index contributed by atoms with van der Waals surface area (Å²) in [6.45, 7) is 2.80. The predicted molar refractivity (Wildman–Crippen MR) is 84.9 cm³/mol. The van der Waals surface area contributed by atoms with Gasteiger partial charge in [-0.05, 0) is 42.8 Å². The zero-order chi connectivity index (χ0) is 13.7. The van der Waals surface area contributed by atoms with E-state index in [1.165, 1.54) is 4.90 Å². The van der Waals surface area contributed by atoms with Crippen LogP contribution in [0, 0.1) is 0 Å². The van der Waals surface area contributed by atoms with Crippen molar-refractivity contribution in [3.8, 4) is 5.75 Å². The number of benzene rings is 2. The number of nitrogen functional groups attached to an aromatic ring is 1. The summed E-state index contributed by atoms with van der Waals surface area (Å²) in [5.41, 5.74) is 6.64. The van der Waals surface area contributed by atoms with Gasteiger partial charge in [0.05, 0.1) is 6.61 Å². The lowest BCUT2D eigenvalue weighted by Crippen LogP contribution is -1.96. The highest BCUT2D eigenvalue weighted by Gasteiger charge is 2.02. The van der Waals surface area contributed by atoms with Crippen LogP contribution in [0.4, 0.5) is 5.69 Å². The minimum absolute atomic E-state index is 0.714. The SMILES string of the molecule is CCCOc1cc(N)cc(Sc2ccc(Br)cc2)c1. The molecule has 4 heteroatoms. The normalized spacial score (nSPS) is 10.4. The van der Waals surface area contributed by atoms with E-state index in [0.29, 0.717) is 6.61 Å². The Kier molecular flexibility index (Phi) is 5.16. The van der Waals surface area contributed by atoms with Gasteiger partial charge < -0.3 is 10.5 Å². The standard InChI is InChI=1S/C15H16BrNOS/c1-2-7-18-13-8-12(17)9-15(10-13)19-14-5-3-11(16)4-6-14/h3-6,8-10H,2,7,17H2,1H3. The summed E-state index contributed by atoms with van der Waals surface area (Å²) in [7, 11) is 0. The van der Waals surface area contributed by atoms with Crippen LogP contribution < -0.4 is 10.5 Å². The fourth-order valence-corrected chi connectivity index (χ4v) is 2.77. The lowest BCUT2D eigenvalue weighted by Gasteiger charge is -2.09.